The van der Waals surface area contributed by atoms with E-state index in [-0.39, 0.29) is 37.1 Å². The van der Waals surface area contributed by atoms with Crippen LogP contribution in [0, 0.1) is 0 Å². The molecule has 13 heteroatoms. The van der Waals surface area contributed by atoms with E-state index in [0.29, 0.717) is 27.3 Å². The van der Waals surface area contributed by atoms with Gasteiger partial charge in [-0.1, -0.05) is 0 Å². The molecule has 1 amide bonds. The number of halogens is 3. The number of amides is 1. The van der Waals surface area contributed by atoms with Gasteiger partial charge in [-0.25, -0.2) is 9.97 Å². The maximum atomic E-state index is 12.2. The summed E-state index contributed by atoms with van der Waals surface area (Å²) in [4.78, 5) is 32.2. The molecule has 0 aliphatic rings. The van der Waals surface area contributed by atoms with Crippen LogP contribution in [0.5, 0.6) is 5.75 Å². The number of carbonyl (C=O) groups is 2. The third-order valence-corrected chi connectivity index (χ3v) is 5.27. The fourth-order valence-electron chi connectivity index (χ4n) is 2.44. The van der Waals surface area contributed by atoms with E-state index < -0.39 is 6.36 Å². The molecule has 3 aromatic rings. The molecule has 0 saturated carbocycles. The molecule has 2 heterocycles. The number of esters is 1. The largest absolute Gasteiger partial charge is 0.573 e. The summed E-state index contributed by atoms with van der Waals surface area (Å²) >= 11 is 2.44. The first-order chi connectivity index (χ1) is 15.2. The van der Waals surface area contributed by atoms with Crippen molar-refractivity contribution in [1.29, 1.82) is 0 Å². The van der Waals surface area contributed by atoms with Crippen LogP contribution in [-0.4, -0.2) is 34.8 Å². The Hall–Kier alpha value is -3.19. The lowest BCUT2D eigenvalue weighted by atomic mass is 10.3. The van der Waals surface area contributed by atoms with Gasteiger partial charge in [-0.05, 0) is 31.2 Å². The smallest absolute Gasteiger partial charge is 0.466 e. The maximum absolute atomic E-state index is 12.2. The minimum Gasteiger partial charge on any atom is -0.466 e. The highest BCUT2D eigenvalue weighted by Gasteiger charge is 2.30. The Bertz CT molecular complexity index is 1070. The molecule has 2 N–H and O–H groups in total. The van der Waals surface area contributed by atoms with E-state index in [4.69, 9.17) is 4.74 Å². The summed E-state index contributed by atoms with van der Waals surface area (Å²) in [7, 11) is 0. The molecule has 170 valence electrons. The van der Waals surface area contributed by atoms with Crippen molar-refractivity contribution in [2.45, 2.75) is 26.1 Å². The molecular formula is C19H17F3N4O4S2. The summed E-state index contributed by atoms with van der Waals surface area (Å²) in [6, 6.07) is 5.21. The Morgan fingerprint density at radius 2 is 1.62 bits per heavy atom. The molecule has 0 aliphatic heterocycles. The number of benzene rings is 1. The molecule has 0 fully saturated rings. The van der Waals surface area contributed by atoms with Crippen LogP contribution in [0.2, 0.25) is 0 Å². The molecule has 3 rings (SSSR count). The Morgan fingerprint density at radius 3 is 2.28 bits per heavy atom. The normalized spacial score (nSPS) is 11.1. The first-order valence-electron chi connectivity index (χ1n) is 9.17. The van der Waals surface area contributed by atoms with E-state index in [9.17, 15) is 22.8 Å². The Kier molecular flexibility index (Phi) is 7.64. The summed E-state index contributed by atoms with van der Waals surface area (Å²) in [5.74, 6) is -1.04. The number of alkyl halides is 3. The molecule has 2 aromatic heterocycles. The molecule has 0 atom stereocenters. The Balaban J connectivity index is 1.50. The molecule has 8 nitrogen and oxygen atoms in total. The monoisotopic (exact) mass is 486 g/mol. The number of ether oxygens (including phenoxy) is 2. The van der Waals surface area contributed by atoms with E-state index in [1.165, 1.54) is 46.9 Å². The fourth-order valence-corrected chi connectivity index (χ4v) is 3.90. The van der Waals surface area contributed by atoms with Gasteiger partial charge >= 0.3 is 12.3 Å². The average molecular weight is 486 g/mol. The van der Waals surface area contributed by atoms with Crippen molar-refractivity contribution >= 4 is 50.5 Å². The molecule has 0 bridgehead atoms. The van der Waals surface area contributed by atoms with Gasteiger partial charge in [-0.3, -0.25) is 9.59 Å². The first kappa shape index (κ1) is 23.5. The summed E-state index contributed by atoms with van der Waals surface area (Å²) in [5.41, 5.74) is 1.53. The predicted molar refractivity (Wildman–Crippen MR) is 113 cm³/mol. The third-order valence-electron chi connectivity index (χ3n) is 3.66. The average Bonchev–Trinajstić information content (AvgIpc) is 3.31. The minimum absolute atomic E-state index is 0.00330. The number of rotatable bonds is 9. The number of nitrogens with zero attached hydrogens (tertiary/aromatic N) is 2. The van der Waals surface area contributed by atoms with Gasteiger partial charge in [0, 0.05) is 16.4 Å². The van der Waals surface area contributed by atoms with Crippen LogP contribution < -0.4 is 15.4 Å². The second kappa shape index (κ2) is 10.4. The van der Waals surface area contributed by atoms with E-state index in [2.05, 4.69) is 25.3 Å². The molecule has 1 aromatic carbocycles. The van der Waals surface area contributed by atoms with Crippen molar-refractivity contribution in [1.82, 2.24) is 9.97 Å². The van der Waals surface area contributed by atoms with Crippen molar-refractivity contribution in [3.63, 3.8) is 0 Å². The highest BCUT2D eigenvalue weighted by atomic mass is 32.1. The van der Waals surface area contributed by atoms with Crippen LogP contribution in [-0.2, 0) is 27.2 Å². The van der Waals surface area contributed by atoms with Gasteiger partial charge < -0.3 is 20.1 Å². The van der Waals surface area contributed by atoms with Crippen molar-refractivity contribution in [3.8, 4) is 5.75 Å². The molecule has 0 aliphatic carbocycles. The summed E-state index contributed by atoms with van der Waals surface area (Å²) in [6.07, 6.45) is -4.71. The zero-order valence-electron chi connectivity index (χ0n) is 16.6. The second-order valence-corrected chi connectivity index (χ2v) is 7.91. The van der Waals surface area contributed by atoms with E-state index >= 15 is 0 Å². The van der Waals surface area contributed by atoms with E-state index in [1.807, 2.05) is 0 Å². The maximum Gasteiger partial charge on any atom is 0.573 e. The van der Waals surface area contributed by atoms with E-state index in [0.717, 1.165) is 0 Å². The molecule has 0 saturated heterocycles. The molecular weight excluding hydrogens is 469 g/mol. The Morgan fingerprint density at radius 1 is 1.00 bits per heavy atom. The van der Waals surface area contributed by atoms with Crippen molar-refractivity contribution in [2.75, 3.05) is 17.2 Å². The Labute approximate surface area is 188 Å². The number of hydrogen-bond donors (Lipinski definition) is 2. The van der Waals surface area contributed by atoms with Gasteiger partial charge in [0.15, 0.2) is 10.3 Å². The number of anilines is 3. The summed E-state index contributed by atoms with van der Waals surface area (Å²) in [5, 5.41) is 9.81. The van der Waals surface area contributed by atoms with Crippen LogP contribution in [0.15, 0.2) is 35.0 Å². The van der Waals surface area contributed by atoms with Crippen molar-refractivity contribution in [2.24, 2.45) is 0 Å². The van der Waals surface area contributed by atoms with E-state index in [1.54, 1.807) is 17.7 Å². The fraction of sp³-hybridized carbons (Fsp3) is 0.263. The SMILES string of the molecule is CCOC(=O)Cc1csc(NC(=O)Cc2csc(Nc3ccc(OC(F)(F)F)cc3)n2)n1. The quantitative estimate of drug-likeness (QED) is 0.429. The van der Waals surface area contributed by atoms with Gasteiger partial charge in [0.1, 0.15) is 5.75 Å². The highest BCUT2D eigenvalue weighted by molar-refractivity contribution is 7.14. The van der Waals surface area contributed by atoms with Gasteiger partial charge in [0.05, 0.1) is 30.8 Å². The predicted octanol–water partition coefficient (Wildman–Crippen LogP) is 4.53. The standard InChI is InChI=1S/C19H17F3N4O4S2/c1-2-29-16(28)8-13-10-32-18(25-13)26-15(27)7-12-9-31-17(24-12)23-11-3-5-14(6-4-11)30-19(20,21)22/h3-6,9-10H,2,7-8H2,1H3,(H,23,24)(H,25,26,27). The first-order valence-corrected chi connectivity index (χ1v) is 10.9. The number of hydrogen-bond acceptors (Lipinski definition) is 9. The third kappa shape index (κ3) is 7.50. The van der Waals surface area contributed by atoms with Gasteiger partial charge in [0.2, 0.25) is 5.91 Å². The lowest BCUT2D eigenvalue weighted by Gasteiger charge is -2.09. The van der Waals surface area contributed by atoms with Crippen LogP contribution in [0.25, 0.3) is 0 Å². The zero-order chi connectivity index (χ0) is 23.1. The van der Waals surface area contributed by atoms with Gasteiger partial charge in [-0.15, -0.1) is 35.8 Å². The van der Waals surface area contributed by atoms with Crippen LogP contribution >= 0.6 is 22.7 Å². The lowest BCUT2D eigenvalue weighted by molar-refractivity contribution is -0.274. The molecule has 0 unspecified atom stereocenters. The van der Waals surface area contributed by atoms with Crippen LogP contribution in [0.1, 0.15) is 18.3 Å². The zero-order valence-corrected chi connectivity index (χ0v) is 18.2. The second-order valence-electron chi connectivity index (χ2n) is 6.19. The topological polar surface area (TPSA) is 102 Å². The number of nitrogens with one attached hydrogen (secondary N) is 2. The molecule has 0 radical (unpaired) electrons. The summed E-state index contributed by atoms with van der Waals surface area (Å²) in [6.45, 7) is 2.00. The van der Waals surface area contributed by atoms with Crippen molar-refractivity contribution in [3.05, 3.63) is 46.4 Å². The minimum atomic E-state index is -4.75. The molecule has 32 heavy (non-hydrogen) atoms. The number of aromatic nitrogens is 2. The van der Waals surface area contributed by atoms with Crippen molar-refractivity contribution < 1.29 is 32.2 Å². The summed E-state index contributed by atoms with van der Waals surface area (Å²) < 4.78 is 45.3. The van der Waals surface area contributed by atoms with Gasteiger partial charge in [0.25, 0.3) is 0 Å². The van der Waals surface area contributed by atoms with Crippen LogP contribution in [0.3, 0.4) is 0 Å². The number of carbonyl (C=O) groups excluding carboxylic acids is 2. The lowest BCUT2D eigenvalue weighted by Crippen LogP contribution is -2.16. The molecule has 0 spiro atoms. The van der Waals surface area contributed by atoms with Crippen LogP contribution in [0.4, 0.5) is 29.1 Å². The highest BCUT2D eigenvalue weighted by Crippen LogP contribution is 2.26. The van der Waals surface area contributed by atoms with Gasteiger partial charge in [-0.2, -0.15) is 0 Å². The number of thiazole rings is 2.